The van der Waals surface area contributed by atoms with Gasteiger partial charge in [0.25, 0.3) is 11.6 Å². The number of carbonyl (C=O) groups is 1. The summed E-state index contributed by atoms with van der Waals surface area (Å²) in [5, 5.41) is 19.3. The third kappa shape index (κ3) is 6.23. The molecule has 4 aromatic rings. The number of rotatable bonds is 8. The van der Waals surface area contributed by atoms with Gasteiger partial charge in [-0.15, -0.1) is 0 Å². The van der Waals surface area contributed by atoms with Crippen LogP contribution in [0.2, 0.25) is 10.0 Å². The second-order valence-corrected chi connectivity index (χ2v) is 9.61. The van der Waals surface area contributed by atoms with E-state index in [1.165, 1.54) is 6.07 Å². The van der Waals surface area contributed by atoms with E-state index < -0.39 is 4.92 Å². The average Bonchev–Trinajstić information content (AvgIpc) is 3.18. The molecule has 36 heavy (non-hydrogen) atoms. The van der Waals surface area contributed by atoms with Gasteiger partial charge in [0.2, 0.25) is 0 Å². The van der Waals surface area contributed by atoms with Crippen molar-refractivity contribution in [1.29, 1.82) is 0 Å². The van der Waals surface area contributed by atoms with Crippen LogP contribution in [0, 0.1) is 17.0 Å². The van der Waals surface area contributed by atoms with Gasteiger partial charge in [-0.05, 0) is 70.4 Å². The highest BCUT2D eigenvalue weighted by molar-refractivity contribution is 9.10. The number of amides is 1. The number of halogens is 3. The van der Waals surface area contributed by atoms with Gasteiger partial charge in [0.15, 0.2) is 5.82 Å². The largest absolute Gasteiger partial charge is 0.489 e. The summed E-state index contributed by atoms with van der Waals surface area (Å²) >= 11 is 15.6. The lowest BCUT2D eigenvalue weighted by molar-refractivity contribution is -0.385. The minimum atomic E-state index is -0.435. The van der Waals surface area contributed by atoms with Crippen molar-refractivity contribution >= 4 is 56.5 Å². The van der Waals surface area contributed by atoms with E-state index in [0.717, 1.165) is 11.1 Å². The fourth-order valence-electron chi connectivity index (χ4n) is 3.46. The summed E-state index contributed by atoms with van der Waals surface area (Å²) in [6.45, 7) is 2.25. The van der Waals surface area contributed by atoms with E-state index in [2.05, 4.69) is 26.3 Å². The highest BCUT2D eigenvalue weighted by atomic mass is 79.9. The topological polar surface area (TPSA) is 99.3 Å². The number of ether oxygens (including phenoxy) is 1. The molecule has 4 rings (SSSR count). The lowest BCUT2D eigenvalue weighted by Crippen LogP contribution is -2.13. The Morgan fingerprint density at radius 1 is 1.17 bits per heavy atom. The first-order valence-electron chi connectivity index (χ1n) is 10.6. The van der Waals surface area contributed by atoms with Gasteiger partial charge in [0, 0.05) is 33.4 Å². The molecular formula is C25H19BrCl2N4O4. The predicted molar refractivity (Wildman–Crippen MR) is 142 cm³/mol. The van der Waals surface area contributed by atoms with Crippen molar-refractivity contribution in [3.8, 4) is 5.75 Å². The van der Waals surface area contributed by atoms with Crippen molar-refractivity contribution in [2.24, 2.45) is 0 Å². The smallest absolute Gasteiger partial charge is 0.272 e. The molecule has 0 saturated carbocycles. The number of benzene rings is 3. The summed E-state index contributed by atoms with van der Waals surface area (Å²) in [5.41, 5.74) is 2.57. The zero-order valence-electron chi connectivity index (χ0n) is 18.9. The van der Waals surface area contributed by atoms with Gasteiger partial charge in [0.05, 0.1) is 15.9 Å². The predicted octanol–water partition coefficient (Wildman–Crippen LogP) is 7.05. The molecule has 0 aliphatic rings. The molecule has 1 aromatic heterocycles. The Kier molecular flexibility index (Phi) is 7.93. The van der Waals surface area contributed by atoms with Crippen LogP contribution < -0.4 is 10.1 Å². The average molecular weight is 590 g/mol. The molecule has 0 aliphatic carbocycles. The number of nitrogens with zero attached hydrogens (tertiary/aromatic N) is 3. The number of anilines is 1. The molecule has 0 fully saturated rings. The molecule has 0 bridgehead atoms. The second-order valence-electron chi connectivity index (χ2n) is 7.91. The van der Waals surface area contributed by atoms with Crippen LogP contribution in [0.15, 0.2) is 71.3 Å². The number of nitro groups is 1. The number of carbonyl (C=O) groups excluding carboxylic acids is 1. The zero-order chi connectivity index (χ0) is 25.8. The molecule has 8 nitrogen and oxygen atoms in total. The minimum absolute atomic E-state index is 0.0332. The Bertz CT molecular complexity index is 1460. The molecule has 1 N–H and O–H groups in total. The summed E-state index contributed by atoms with van der Waals surface area (Å²) in [5.74, 6) is 0.537. The monoisotopic (exact) mass is 588 g/mol. The third-order valence-electron chi connectivity index (χ3n) is 5.26. The minimum Gasteiger partial charge on any atom is -0.489 e. The molecule has 0 spiro atoms. The molecule has 0 saturated heterocycles. The quantitative estimate of drug-likeness (QED) is 0.175. The van der Waals surface area contributed by atoms with Crippen molar-refractivity contribution in [3.63, 3.8) is 0 Å². The first kappa shape index (κ1) is 25.7. The first-order valence-corrected chi connectivity index (χ1v) is 12.2. The van der Waals surface area contributed by atoms with Gasteiger partial charge in [0.1, 0.15) is 12.4 Å². The maximum atomic E-state index is 12.9. The number of hydrogen-bond donors (Lipinski definition) is 1. The Labute approximate surface area is 225 Å². The molecule has 1 amide bonds. The Morgan fingerprint density at radius 2 is 1.97 bits per heavy atom. The van der Waals surface area contributed by atoms with Gasteiger partial charge in [-0.25, -0.2) is 0 Å². The van der Waals surface area contributed by atoms with Crippen LogP contribution in [-0.4, -0.2) is 20.6 Å². The number of aryl methyl sites for hydroxylation is 1. The SMILES string of the molecule is Cc1cc(OCc2cccc(C(=O)Nc3nn(Cc4ccc(Cl)cc4Cl)cc3Br)c2)ccc1[N+](=O)[O-]. The third-order valence-corrected chi connectivity index (χ3v) is 6.42. The van der Waals surface area contributed by atoms with Crippen LogP contribution in [0.3, 0.4) is 0 Å². The molecule has 3 aromatic carbocycles. The fourth-order valence-corrected chi connectivity index (χ4v) is 4.34. The second kappa shape index (κ2) is 11.1. The van der Waals surface area contributed by atoms with Crippen LogP contribution in [0.5, 0.6) is 5.75 Å². The Hall–Kier alpha value is -3.40. The van der Waals surface area contributed by atoms with E-state index in [1.54, 1.807) is 60.3 Å². The van der Waals surface area contributed by atoms with Crippen molar-refractivity contribution < 1.29 is 14.5 Å². The van der Waals surface area contributed by atoms with Crippen LogP contribution in [-0.2, 0) is 13.2 Å². The molecule has 1 heterocycles. The van der Waals surface area contributed by atoms with Crippen molar-refractivity contribution in [3.05, 3.63) is 114 Å². The van der Waals surface area contributed by atoms with Crippen LogP contribution in [0.4, 0.5) is 11.5 Å². The Morgan fingerprint density at radius 3 is 2.69 bits per heavy atom. The summed E-state index contributed by atoms with van der Waals surface area (Å²) < 4.78 is 8.04. The lowest BCUT2D eigenvalue weighted by Gasteiger charge is -2.09. The lowest BCUT2D eigenvalue weighted by atomic mass is 10.1. The van der Waals surface area contributed by atoms with Crippen LogP contribution in [0.25, 0.3) is 0 Å². The van der Waals surface area contributed by atoms with Gasteiger partial charge < -0.3 is 10.1 Å². The first-order chi connectivity index (χ1) is 17.2. The van der Waals surface area contributed by atoms with Crippen molar-refractivity contribution in [2.45, 2.75) is 20.1 Å². The standard InChI is InChI=1S/C25H19BrCl2N4O4/c1-15-9-20(7-8-23(15)32(34)35)36-14-16-3-2-4-17(10-16)25(33)29-24-21(26)13-31(30-24)12-18-5-6-19(27)11-22(18)28/h2-11,13H,12,14H2,1H3,(H,29,30,33). The number of nitro benzene ring substituents is 1. The summed E-state index contributed by atoms with van der Waals surface area (Å²) in [7, 11) is 0. The number of nitrogens with one attached hydrogen (secondary N) is 1. The maximum absolute atomic E-state index is 12.9. The summed E-state index contributed by atoms with van der Waals surface area (Å²) in [6.07, 6.45) is 1.75. The highest BCUT2D eigenvalue weighted by Crippen LogP contribution is 2.26. The molecule has 0 unspecified atom stereocenters. The van der Waals surface area contributed by atoms with Crippen LogP contribution >= 0.6 is 39.1 Å². The van der Waals surface area contributed by atoms with Gasteiger partial charge >= 0.3 is 0 Å². The van der Waals surface area contributed by atoms with Gasteiger partial charge in [-0.1, -0.05) is 41.4 Å². The van der Waals surface area contributed by atoms with E-state index in [4.69, 9.17) is 27.9 Å². The number of aromatic nitrogens is 2. The molecule has 0 atom stereocenters. The molecule has 11 heteroatoms. The van der Waals surface area contributed by atoms with Gasteiger partial charge in [-0.2, -0.15) is 5.10 Å². The molecule has 0 radical (unpaired) electrons. The molecular weight excluding hydrogens is 571 g/mol. The van der Waals surface area contributed by atoms with E-state index >= 15 is 0 Å². The van der Waals surface area contributed by atoms with E-state index in [9.17, 15) is 14.9 Å². The number of hydrogen-bond acceptors (Lipinski definition) is 5. The maximum Gasteiger partial charge on any atom is 0.272 e. The zero-order valence-corrected chi connectivity index (χ0v) is 22.0. The highest BCUT2D eigenvalue weighted by Gasteiger charge is 2.14. The molecule has 184 valence electrons. The van der Waals surface area contributed by atoms with Gasteiger partial charge in [-0.3, -0.25) is 19.6 Å². The fraction of sp³-hybridized carbons (Fsp3) is 0.120. The van der Waals surface area contributed by atoms with E-state index in [1.807, 2.05) is 12.1 Å². The van der Waals surface area contributed by atoms with Crippen molar-refractivity contribution in [2.75, 3.05) is 5.32 Å². The Balaban J connectivity index is 1.41. The van der Waals surface area contributed by atoms with E-state index in [-0.39, 0.29) is 18.2 Å². The molecule has 0 aliphatic heterocycles. The van der Waals surface area contributed by atoms with E-state index in [0.29, 0.717) is 43.8 Å². The summed E-state index contributed by atoms with van der Waals surface area (Å²) in [6, 6.07) is 16.8. The van der Waals surface area contributed by atoms with Crippen molar-refractivity contribution in [1.82, 2.24) is 9.78 Å². The van der Waals surface area contributed by atoms with Crippen LogP contribution in [0.1, 0.15) is 27.0 Å². The summed E-state index contributed by atoms with van der Waals surface area (Å²) in [4.78, 5) is 23.4. The normalized spacial score (nSPS) is 10.8.